The van der Waals surface area contributed by atoms with Crippen molar-refractivity contribution in [1.82, 2.24) is 15.0 Å². The van der Waals surface area contributed by atoms with E-state index in [0.717, 1.165) is 21.3 Å². The van der Waals surface area contributed by atoms with E-state index in [1.807, 2.05) is 52.9 Å². The van der Waals surface area contributed by atoms with Crippen LogP contribution < -0.4 is 9.47 Å². The number of hydrogen-bond donors (Lipinski definition) is 2. The molecule has 190 valence electrons. The topological polar surface area (TPSA) is 89.6 Å². The zero-order valence-electron chi connectivity index (χ0n) is 19.9. The van der Waals surface area contributed by atoms with Crippen LogP contribution in [0.5, 0.6) is 11.5 Å². The molecule has 1 heterocycles. The normalized spacial score (nSPS) is 13.5. The standard InChI is InChI=1S/C25H30BrClIN3O4/c1-16(11-27)14-35-23-9-6-18(10-21(23)26)25(2,3)17-4-7-20(8-5-17)34-15-19(33)12-31-24(28)22(13-32)29-30-31/h4-10,16,19,32-33H,11-15H2,1-3H3/t16-,19+/m0/s1/i28-4. The van der Waals surface area contributed by atoms with Crippen molar-refractivity contribution in [2.45, 2.75) is 45.4 Å². The highest BCUT2D eigenvalue weighted by Gasteiger charge is 2.24. The number of nitrogens with zero attached hydrogens (tertiary/aromatic N) is 3. The van der Waals surface area contributed by atoms with Gasteiger partial charge in [0.1, 0.15) is 33.6 Å². The number of hydrogen-bond acceptors (Lipinski definition) is 6. The first-order chi connectivity index (χ1) is 16.6. The summed E-state index contributed by atoms with van der Waals surface area (Å²) in [5.74, 6) is 2.32. The molecule has 0 radical (unpaired) electrons. The van der Waals surface area contributed by atoms with Crippen LogP contribution in [-0.2, 0) is 18.6 Å². The van der Waals surface area contributed by atoms with E-state index in [4.69, 9.17) is 21.1 Å². The molecule has 3 aromatic rings. The zero-order chi connectivity index (χ0) is 25.6. The molecule has 2 atom stereocenters. The molecule has 10 heteroatoms. The molecule has 0 fully saturated rings. The lowest BCUT2D eigenvalue weighted by molar-refractivity contribution is 0.0881. The number of benzene rings is 2. The number of halogens is 3. The lowest BCUT2D eigenvalue weighted by Gasteiger charge is -2.27. The fourth-order valence-corrected chi connectivity index (χ4v) is 4.57. The maximum atomic E-state index is 10.3. The van der Waals surface area contributed by atoms with Crippen molar-refractivity contribution < 1.29 is 19.7 Å². The minimum atomic E-state index is -0.765. The highest BCUT2D eigenvalue weighted by molar-refractivity contribution is 14.1. The Morgan fingerprint density at radius 2 is 1.80 bits per heavy atom. The predicted octanol–water partition coefficient (Wildman–Crippen LogP) is 5.16. The van der Waals surface area contributed by atoms with Crippen LogP contribution in [0.25, 0.3) is 0 Å². The number of rotatable bonds is 12. The minimum Gasteiger partial charge on any atom is -0.492 e. The van der Waals surface area contributed by atoms with Crippen molar-refractivity contribution in [2.75, 3.05) is 19.1 Å². The number of alkyl halides is 1. The van der Waals surface area contributed by atoms with Gasteiger partial charge in [-0.15, -0.1) is 16.7 Å². The molecule has 35 heavy (non-hydrogen) atoms. The third kappa shape index (κ3) is 7.31. The monoisotopic (exact) mass is 673 g/mol. The van der Waals surface area contributed by atoms with Gasteiger partial charge in [0.05, 0.1) is 24.2 Å². The van der Waals surface area contributed by atoms with Gasteiger partial charge in [-0.25, -0.2) is 4.68 Å². The average Bonchev–Trinajstić information content (AvgIpc) is 3.20. The first-order valence-corrected chi connectivity index (χ1v) is 13.6. The minimum absolute atomic E-state index is 0.115. The van der Waals surface area contributed by atoms with Gasteiger partial charge in [0, 0.05) is 17.2 Å². The third-order valence-electron chi connectivity index (χ3n) is 5.73. The van der Waals surface area contributed by atoms with Crippen molar-refractivity contribution in [3.63, 3.8) is 0 Å². The number of aliphatic hydroxyl groups excluding tert-OH is 2. The van der Waals surface area contributed by atoms with E-state index in [1.165, 1.54) is 0 Å². The Bertz CT molecular complexity index is 1110. The summed E-state index contributed by atoms with van der Waals surface area (Å²) in [7, 11) is 0. The van der Waals surface area contributed by atoms with Crippen LogP contribution in [0.3, 0.4) is 0 Å². The summed E-state index contributed by atoms with van der Waals surface area (Å²) >= 11 is 11.6. The van der Waals surface area contributed by atoms with Crippen LogP contribution in [0.1, 0.15) is 37.6 Å². The zero-order valence-corrected chi connectivity index (χ0v) is 24.4. The molecular weight excluding hydrogens is 645 g/mol. The Kier molecular flexibility index (Phi) is 10.2. The quantitative estimate of drug-likeness (QED) is 0.204. The summed E-state index contributed by atoms with van der Waals surface area (Å²) in [4.78, 5) is 0. The van der Waals surface area contributed by atoms with E-state index in [2.05, 4.69) is 59.1 Å². The maximum absolute atomic E-state index is 10.3. The molecular formula is C25H30BrClIN3O4. The van der Waals surface area contributed by atoms with Gasteiger partial charge >= 0.3 is 0 Å². The van der Waals surface area contributed by atoms with Gasteiger partial charge in [0.25, 0.3) is 0 Å². The van der Waals surface area contributed by atoms with Crippen LogP contribution in [0.15, 0.2) is 46.9 Å². The van der Waals surface area contributed by atoms with Gasteiger partial charge in [-0.1, -0.05) is 44.2 Å². The van der Waals surface area contributed by atoms with Gasteiger partial charge in [0.2, 0.25) is 0 Å². The molecule has 2 N–H and O–H groups in total. The van der Waals surface area contributed by atoms with E-state index < -0.39 is 6.10 Å². The highest BCUT2D eigenvalue weighted by atomic mass is 123. The Morgan fingerprint density at radius 3 is 2.40 bits per heavy atom. The van der Waals surface area contributed by atoms with Crippen LogP contribution in [0, 0.1) is 9.62 Å². The van der Waals surface area contributed by atoms with Crippen molar-refractivity contribution in [3.8, 4) is 11.5 Å². The third-order valence-corrected chi connectivity index (χ3v) is 8.06. The fraction of sp³-hybridized carbons (Fsp3) is 0.440. The number of ether oxygens (including phenoxy) is 2. The molecule has 3 rings (SSSR count). The lowest BCUT2D eigenvalue weighted by atomic mass is 9.78. The molecule has 0 saturated carbocycles. The van der Waals surface area contributed by atoms with Gasteiger partial charge in [-0.3, -0.25) is 0 Å². The van der Waals surface area contributed by atoms with Crippen molar-refractivity contribution in [2.24, 2.45) is 5.92 Å². The van der Waals surface area contributed by atoms with Crippen LogP contribution in [-0.4, -0.2) is 50.4 Å². The van der Waals surface area contributed by atoms with E-state index in [9.17, 15) is 10.2 Å². The Labute approximate surface area is 233 Å². The Hall–Kier alpha value is -1.40. The molecule has 2 aromatic carbocycles. The first-order valence-electron chi connectivity index (χ1n) is 11.2. The molecule has 0 unspecified atom stereocenters. The highest BCUT2D eigenvalue weighted by Crippen LogP contribution is 2.36. The van der Waals surface area contributed by atoms with Crippen LogP contribution in [0.4, 0.5) is 0 Å². The molecule has 0 spiro atoms. The molecule has 1 aromatic heterocycles. The summed E-state index contributed by atoms with van der Waals surface area (Å²) in [5.41, 5.74) is 2.54. The molecule has 0 bridgehead atoms. The Balaban J connectivity index is 1.60. The van der Waals surface area contributed by atoms with Gasteiger partial charge in [-0.05, 0) is 73.9 Å². The second-order valence-corrected chi connectivity index (χ2v) is 11.2. The van der Waals surface area contributed by atoms with E-state index in [1.54, 1.807) is 4.68 Å². The molecule has 7 nitrogen and oxygen atoms in total. The molecule has 0 amide bonds. The van der Waals surface area contributed by atoms with E-state index in [0.29, 0.717) is 27.6 Å². The second-order valence-electron chi connectivity index (χ2n) is 9.00. The molecule has 0 aliphatic carbocycles. The largest absolute Gasteiger partial charge is 0.492 e. The molecule has 0 saturated heterocycles. The van der Waals surface area contributed by atoms with E-state index in [-0.39, 0.29) is 31.1 Å². The average molecular weight is 675 g/mol. The van der Waals surface area contributed by atoms with Crippen molar-refractivity contribution in [3.05, 3.63) is 67.5 Å². The predicted molar refractivity (Wildman–Crippen MR) is 148 cm³/mol. The van der Waals surface area contributed by atoms with E-state index >= 15 is 0 Å². The van der Waals surface area contributed by atoms with Gasteiger partial charge in [-0.2, -0.15) is 0 Å². The smallest absolute Gasteiger partial charge is 0.133 e. The summed E-state index contributed by atoms with van der Waals surface area (Å²) in [6.07, 6.45) is -0.765. The molecule has 0 aliphatic rings. The summed E-state index contributed by atoms with van der Waals surface area (Å²) < 4.78 is 14.8. The van der Waals surface area contributed by atoms with Crippen molar-refractivity contribution >= 4 is 50.1 Å². The summed E-state index contributed by atoms with van der Waals surface area (Å²) in [6.45, 7) is 7.13. The maximum Gasteiger partial charge on any atom is 0.133 e. The Morgan fingerprint density at radius 1 is 1.11 bits per heavy atom. The van der Waals surface area contributed by atoms with Crippen LogP contribution >= 0.6 is 50.1 Å². The fourth-order valence-electron chi connectivity index (χ4n) is 3.41. The molecule has 0 aliphatic heterocycles. The number of aromatic nitrogens is 3. The van der Waals surface area contributed by atoms with Gasteiger partial charge < -0.3 is 19.7 Å². The van der Waals surface area contributed by atoms with Gasteiger partial charge in [0.15, 0.2) is 0 Å². The SMILES string of the molecule is C[C@@H](CCl)COc1ccc(C(C)(C)c2ccc(OC[C@H](O)Cn3nnc(CO)c3[123I])cc2)cc1Br. The lowest BCUT2D eigenvalue weighted by Crippen LogP contribution is -2.25. The van der Waals surface area contributed by atoms with Crippen LogP contribution in [0.2, 0.25) is 0 Å². The summed E-state index contributed by atoms with van der Waals surface area (Å²) in [6, 6.07) is 14.1. The van der Waals surface area contributed by atoms with Crippen molar-refractivity contribution in [1.29, 1.82) is 0 Å². The summed E-state index contributed by atoms with van der Waals surface area (Å²) in [5, 5.41) is 27.4. The first kappa shape index (κ1) is 28.2. The number of aliphatic hydroxyl groups is 2. The second kappa shape index (κ2) is 12.7.